The molecule has 8 amide bonds. The van der Waals surface area contributed by atoms with Crippen LogP contribution in [-0.4, -0.2) is 161 Å². The molecule has 1 fully saturated rings. The van der Waals surface area contributed by atoms with E-state index in [1.807, 2.05) is 13.8 Å². The number of hydrogen-bond donors (Lipinski definition) is 15. The Kier molecular flexibility index (Phi) is 30.8. The maximum absolute atomic E-state index is 15.0. The first-order valence-electron chi connectivity index (χ1n) is 30.5. The fourth-order valence-electron chi connectivity index (χ4n) is 10.1. The number of carbonyl (C=O) groups excluding carboxylic acids is 8. The predicted molar refractivity (Wildman–Crippen MR) is 338 cm³/mol. The minimum absolute atomic E-state index is 0.0346. The van der Waals surface area contributed by atoms with E-state index in [9.17, 15) is 48.6 Å². The van der Waals surface area contributed by atoms with Crippen molar-refractivity contribution in [1.82, 2.24) is 42.1 Å². The van der Waals surface area contributed by atoms with Crippen LogP contribution in [0, 0.1) is 11.8 Å². The molecule has 27 heteroatoms. The summed E-state index contributed by atoms with van der Waals surface area (Å²) in [6.07, 6.45) is 2.52. The summed E-state index contributed by atoms with van der Waals surface area (Å²) in [5.74, 6) is -8.16. The van der Waals surface area contributed by atoms with Crippen molar-refractivity contribution < 1.29 is 53.4 Å². The van der Waals surface area contributed by atoms with Crippen molar-refractivity contribution in [1.29, 1.82) is 0 Å². The third-order valence-corrected chi connectivity index (χ3v) is 15.2. The zero-order valence-electron chi connectivity index (χ0n) is 51.5. The van der Waals surface area contributed by atoms with Crippen LogP contribution in [0.3, 0.4) is 0 Å². The summed E-state index contributed by atoms with van der Waals surface area (Å²) in [7, 11) is 0. The highest BCUT2D eigenvalue weighted by Crippen LogP contribution is 2.22. The van der Waals surface area contributed by atoms with Gasteiger partial charge in [0, 0.05) is 38.9 Å². The van der Waals surface area contributed by atoms with Crippen molar-refractivity contribution in [2.24, 2.45) is 56.2 Å². The number of phenols is 1. The van der Waals surface area contributed by atoms with E-state index in [0.717, 1.165) is 0 Å². The molecule has 0 radical (unpaired) electrons. The number of carbonyl (C=O) groups is 9. The Balaban J connectivity index is 1.68. The van der Waals surface area contributed by atoms with Gasteiger partial charge in [0.25, 0.3) is 0 Å². The number of aromatic hydroxyl groups is 1. The molecule has 1 heterocycles. The van der Waals surface area contributed by atoms with Crippen LogP contribution in [0.5, 0.6) is 5.75 Å². The maximum atomic E-state index is 15.0. The molecular weight excluding hydrogens is 1140 g/mol. The second kappa shape index (κ2) is 37.8. The number of aliphatic carboxylic acids is 1. The van der Waals surface area contributed by atoms with E-state index >= 15 is 4.79 Å². The molecule has 0 saturated carbocycles. The number of hydrogen-bond acceptors (Lipinski definition) is 14. The van der Waals surface area contributed by atoms with Crippen molar-refractivity contribution in [3.8, 4) is 5.75 Å². The largest absolute Gasteiger partial charge is 0.508 e. The standard InChI is InChI=1S/C62H94N16O11/c1-5-38(4)51(58(86)76-49(60(88)89)33-37(2)3)77-56(84)48(36-41-25-27-42(79)28-26-41)75-57(85)50-24-16-32-78(50)59(87)45(23-15-31-70-62(67)68)72-53(81)44(22-14-30-69-61(65)66)71-54(82)47(35-40-19-10-7-11-20-40)74-55(83)46(34-39-17-8-6-9-18-39)73-52(80)43(64)21-12-13-29-63/h6-11,17-20,25-28,37-38,43-51,79H,5,12-16,21-24,29-36,63-64H2,1-4H3,(H,71,82)(H,72,81)(H,73,80)(H,74,83)(H,75,85)(H,76,86)(H,77,84)(H,88,89)(H4,65,66,69)(H4,67,68,70). The Bertz CT molecular complexity index is 2840. The first kappa shape index (κ1) is 72.6. The molecule has 1 aliphatic rings. The lowest BCUT2D eigenvalue weighted by atomic mass is 9.96. The van der Waals surface area contributed by atoms with Gasteiger partial charge in [-0.1, -0.05) is 113 Å². The van der Waals surface area contributed by atoms with Gasteiger partial charge in [-0.2, -0.15) is 0 Å². The van der Waals surface area contributed by atoms with Crippen molar-refractivity contribution in [2.75, 3.05) is 26.2 Å². The minimum Gasteiger partial charge on any atom is -0.508 e. The molecule has 10 unspecified atom stereocenters. The number of rotatable bonds is 38. The van der Waals surface area contributed by atoms with Gasteiger partial charge in [-0.05, 0) is 105 Å². The number of phenolic OH excluding ortho intramolecular Hbond substituents is 1. The van der Waals surface area contributed by atoms with Crippen LogP contribution >= 0.6 is 0 Å². The fourth-order valence-corrected chi connectivity index (χ4v) is 10.1. The first-order valence-corrected chi connectivity index (χ1v) is 30.5. The number of carboxylic acid groups (broad SMARTS) is 1. The van der Waals surface area contributed by atoms with Gasteiger partial charge in [-0.25, -0.2) is 4.79 Å². The summed E-state index contributed by atoms with van der Waals surface area (Å²) in [5.41, 5.74) is 36.3. The van der Waals surface area contributed by atoms with Crippen LogP contribution in [0.1, 0.15) is 115 Å². The monoisotopic (exact) mass is 1240 g/mol. The molecule has 0 spiro atoms. The van der Waals surface area contributed by atoms with Gasteiger partial charge < -0.3 is 86.7 Å². The smallest absolute Gasteiger partial charge is 0.326 e. The average Bonchev–Trinajstić information content (AvgIpc) is 3.55. The second-order valence-corrected chi connectivity index (χ2v) is 22.9. The van der Waals surface area contributed by atoms with Crippen LogP contribution in [0.2, 0.25) is 0 Å². The number of nitrogens with one attached hydrogen (secondary N) is 7. The number of nitrogens with two attached hydrogens (primary N) is 6. The van der Waals surface area contributed by atoms with Gasteiger partial charge in [-0.15, -0.1) is 0 Å². The Hall–Kier alpha value is -8.85. The molecule has 89 heavy (non-hydrogen) atoms. The lowest BCUT2D eigenvalue weighted by Gasteiger charge is -2.31. The molecule has 0 aliphatic carbocycles. The zero-order chi connectivity index (χ0) is 65.6. The fraction of sp³-hybridized carbons (Fsp3) is 0.532. The highest BCUT2D eigenvalue weighted by molar-refractivity contribution is 5.98. The lowest BCUT2D eigenvalue weighted by Crippen LogP contribution is -2.61. The summed E-state index contributed by atoms with van der Waals surface area (Å²) in [6.45, 7) is 7.67. The van der Waals surface area contributed by atoms with Crippen molar-refractivity contribution in [3.05, 3.63) is 102 Å². The van der Waals surface area contributed by atoms with Crippen LogP contribution in [-0.2, 0) is 62.4 Å². The number of unbranched alkanes of at least 4 members (excludes halogenated alkanes) is 1. The summed E-state index contributed by atoms with van der Waals surface area (Å²) < 4.78 is 0. The number of guanidine groups is 2. The third kappa shape index (κ3) is 25.4. The molecule has 27 nitrogen and oxygen atoms in total. The quantitative estimate of drug-likeness (QED) is 0.0196. The molecule has 0 bridgehead atoms. The second-order valence-electron chi connectivity index (χ2n) is 22.9. The van der Waals surface area contributed by atoms with Gasteiger partial charge in [0.05, 0.1) is 6.04 Å². The zero-order valence-corrected chi connectivity index (χ0v) is 51.5. The van der Waals surface area contributed by atoms with E-state index in [1.165, 1.54) is 17.0 Å². The van der Waals surface area contributed by atoms with E-state index in [-0.39, 0.29) is 101 Å². The van der Waals surface area contributed by atoms with Crippen molar-refractivity contribution in [3.63, 3.8) is 0 Å². The lowest BCUT2D eigenvalue weighted by molar-refractivity contribution is -0.143. The van der Waals surface area contributed by atoms with E-state index in [4.69, 9.17) is 34.4 Å². The highest BCUT2D eigenvalue weighted by atomic mass is 16.4. The number of likely N-dealkylation sites (tertiary alicyclic amines) is 1. The molecule has 0 aromatic heterocycles. The maximum Gasteiger partial charge on any atom is 0.326 e. The Morgan fingerprint density at radius 3 is 1.53 bits per heavy atom. The highest BCUT2D eigenvalue weighted by Gasteiger charge is 2.41. The molecule has 1 aliphatic heterocycles. The molecule has 3 aromatic carbocycles. The summed E-state index contributed by atoms with van der Waals surface area (Å²) >= 11 is 0. The summed E-state index contributed by atoms with van der Waals surface area (Å²) in [4.78, 5) is 137. The molecule has 21 N–H and O–H groups in total. The number of amides is 8. The summed E-state index contributed by atoms with van der Waals surface area (Å²) in [6, 6.07) is 12.4. The minimum atomic E-state index is -1.39. The van der Waals surface area contributed by atoms with E-state index in [2.05, 4.69) is 47.2 Å². The first-order chi connectivity index (χ1) is 42.4. The third-order valence-electron chi connectivity index (χ3n) is 15.2. The van der Waals surface area contributed by atoms with Crippen molar-refractivity contribution in [2.45, 2.75) is 172 Å². The molecule has 488 valence electrons. The molecule has 10 atom stereocenters. The Labute approximate surface area is 520 Å². The normalized spacial score (nSPS) is 15.9. The molecule has 4 rings (SSSR count). The number of benzene rings is 3. The van der Waals surface area contributed by atoms with Gasteiger partial charge in [0.15, 0.2) is 11.9 Å². The van der Waals surface area contributed by atoms with Crippen LogP contribution in [0.4, 0.5) is 0 Å². The number of nitrogens with zero attached hydrogens (tertiary/aromatic N) is 3. The predicted octanol–water partition coefficient (Wildman–Crippen LogP) is -0.455. The Morgan fingerprint density at radius 1 is 0.562 bits per heavy atom. The topological polar surface area (TPSA) is 462 Å². The van der Waals surface area contributed by atoms with E-state index in [0.29, 0.717) is 55.3 Å². The molecular formula is C62H94N16O11. The van der Waals surface area contributed by atoms with Gasteiger partial charge in [-0.3, -0.25) is 48.3 Å². The van der Waals surface area contributed by atoms with Gasteiger partial charge in [0.2, 0.25) is 47.3 Å². The average molecular weight is 1240 g/mol. The molecule has 3 aromatic rings. The van der Waals surface area contributed by atoms with E-state index in [1.54, 1.807) is 86.6 Å². The molecule has 1 saturated heterocycles. The van der Waals surface area contributed by atoms with Crippen LogP contribution in [0.15, 0.2) is 94.9 Å². The van der Waals surface area contributed by atoms with Crippen LogP contribution in [0.25, 0.3) is 0 Å². The van der Waals surface area contributed by atoms with Crippen LogP contribution < -0.4 is 71.6 Å². The van der Waals surface area contributed by atoms with E-state index < -0.39 is 114 Å². The van der Waals surface area contributed by atoms with Gasteiger partial charge >= 0.3 is 5.97 Å². The SMILES string of the molecule is CCC(C)C(NC(=O)C(Cc1ccc(O)cc1)NC(=O)C1CCCN1C(=O)C(CCCN=C(N)N)NC(=O)C(CCCN=C(N)N)NC(=O)C(Cc1ccccc1)NC(=O)C(Cc1ccccc1)NC(=O)C(N)CCCCN)C(=O)NC(CC(C)C)C(=O)O. The number of aliphatic imine (C=N–C) groups is 2. The summed E-state index contributed by atoms with van der Waals surface area (Å²) in [5, 5.41) is 39.3. The Morgan fingerprint density at radius 2 is 1.02 bits per heavy atom. The van der Waals surface area contributed by atoms with Gasteiger partial charge in [0.1, 0.15) is 54.1 Å². The van der Waals surface area contributed by atoms with Crippen molar-refractivity contribution >= 4 is 65.1 Å². The number of carboxylic acids is 1.